The van der Waals surface area contributed by atoms with E-state index in [0.717, 1.165) is 22.5 Å². The first-order valence-corrected chi connectivity index (χ1v) is 7.13. The Balaban J connectivity index is 2.21. The van der Waals surface area contributed by atoms with Crippen LogP contribution in [0.25, 0.3) is 0 Å². The molecule has 1 aromatic heterocycles. The Morgan fingerprint density at radius 2 is 2.06 bits per heavy atom. The van der Waals surface area contributed by atoms with Gasteiger partial charge in [0.15, 0.2) is 5.16 Å². The third kappa shape index (κ3) is 3.28. The van der Waals surface area contributed by atoms with E-state index in [-0.39, 0.29) is 6.61 Å². The molecule has 0 amide bonds. The van der Waals surface area contributed by atoms with Crippen molar-refractivity contribution in [3.63, 3.8) is 0 Å². The number of aromatic nitrogens is 2. The van der Waals surface area contributed by atoms with Crippen LogP contribution in [-0.4, -0.2) is 20.4 Å². The monoisotopic (exact) mass is 282 g/mol. The van der Waals surface area contributed by atoms with E-state index in [4.69, 9.17) is 16.7 Å². The molecule has 0 fully saturated rings. The van der Waals surface area contributed by atoms with Gasteiger partial charge in [-0.15, -0.1) is 0 Å². The molecule has 96 valence electrons. The molecule has 0 saturated heterocycles. The fraction of sp³-hybridized carbons (Fsp3) is 0.308. The predicted octanol–water partition coefficient (Wildman–Crippen LogP) is 3.19. The van der Waals surface area contributed by atoms with E-state index in [1.54, 1.807) is 11.8 Å². The van der Waals surface area contributed by atoms with Crippen molar-refractivity contribution in [2.24, 2.45) is 0 Å². The largest absolute Gasteiger partial charge is 0.390 e. The standard InChI is InChI=1S/C13H15ClN2OS/c1-2-18-13-15-12(9-17)8-16(13)7-10-3-5-11(14)6-4-10/h3-6,8,17H,2,7,9H2,1H3. The van der Waals surface area contributed by atoms with E-state index < -0.39 is 0 Å². The van der Waals surface area contributed by atoms with Crippen LogP contribution in [0.5, 0.6) is 0 Å². The van der Waals surface area contributed by atoms with Gasteiger partial charge < -0.3 is 9.67 Å². The first-order chi connectivity index (χ1) is 8.72. The van der Waals surface area contributed by atoms with E-state index in [9.17, 15) is 0 Å². The summed E-state index contributed by atoms with van der Waals surface area (Å²) in [7, 11) is 0. The van der Waals surface area contributed by atoms with Crippen LogP contribution >= 0.6 is 23.4 Å². The molecule has 0 bridgehead atoms. The second-order valence-electron chi connectivity index (χ2n) is 3.86. The second-order valence-corrected chi connectivity index (χ2v) is 5.53. The molecule has 18 heavy (non-hydrogen) atoms. The van der Waals surface area contributed by atoms with Crippen molar-refractivity contribution in [1.82, 2.24) is 9.55 Å². The van der Waals surface area contributed by atoms with Crippen molar-refractivity contribution < 1.29 is 5.11 Å². The molecule has 5 heteroatoms. The van der Waals surface area contributed by atoms with E-state index >= 15 is 0 Å². The molecule has 0 aliphatic carbocycles. The highest BCUT2D eigenvalue weighted by Gasteiger charge is 2.07. The number of hydrogen-bond donors (Lipinski definition) is 1. The average Bonchev–Trinajstić information content (AvgIpc) is 2.75. The summed E-state index contributed by atoms with van der Waals surface area (Å²) in [6.45, 7) is 2.81. The number of hydrogen-bond acceptors (Lipinski definition) is 3. The molecule has 0 unspecified atom stereocenters. The fourth-order valence-corrected chi connectivity index (χ4v) is 2.52. The number of imidazole rings is 1. The molecule has 0 saturated carbocycles. The van der Waals surface area contributed by atoms with Gasteiger partial charge in [0.25, 0.3) is 0 Å². The van der Waals surface area contributed by atoms with Crippen LogP contribution in [0.15, 0.2) is 35.6 Å². The van der Waals surface area contributed by atoms with Gasteiger partial charge in [0.05, 0.1) is 12.3 Å². The van der Waals surface area contributed by atoms with Crippen molar-refractivity contribution in [3.8, 4) is 0 Å². The molecule has 0 atom stereocenters. The molecular formula is C13H15ClN2OS. The highest BCUT2D eigenvalue weighted by Crippen LogP contribution is 2.19. The van der Waals surface area contributed by atoms with Crippen molar-refractivity contribution in [3.05, 3.63) is 46.7 Å². The van der Waals surface area contributed by atoms with Gasteiger partial charge in [-0.2, -0.15) is 0 Å². The minimum absolute atomic E-state index is 0.0229. The summed E-state index contributed by atoms with van der Waals surface area (Å²) in [6.07, 6.45) is 1.90. The van der Waals surface area contributed by atoms with Crippen LogP contribution < -0.4 is 0 Å². The fourth-order valence-electron chi connectivity index (χ4n) is 1.67. The van der Waals surface area contributed by atoms with Gasteiger partial charge in [-0.25, -0.2) is 4.98 Å². The second kappa shape index (κ2) is 6.27. The van der Waals surface area contributed by atoms with Gasteiger partial charge in [-0.1, -0.05) is 42.4 Å². The molecule has 0 aliphatic heterocycles. The number of rotatable bonds is 5. The van der Waals surface area contributed by atoms with Crippen LogP contribution in [0, 0.1) is 0 Å². The van der Waals surface area contributed by atoms with Gasteiger partial charge in [0.2, 0.25) is 0 Å². The van der Waals surface area contributed by atoms with Gasteiger partial charge in [0.1, 0.15) is 0 Å². The van der Waals surface area contributed by atoms with E-state index in [2.05, 4.69) is 16.5 Å². The maximum atomic E-state index is 9.14. The number of nitrogens with zero attached hydrogens (tertiary/aromatic N) is 2. The van der Waals surface area contributed by atoms with E-state index in [1.807, 2.05) is 30.5 Å². The summed E-state index contributed by atoms with van der Waals surface area (Å²) in [5, 5.41) is 10.8. The van der Waals surface area contributed by atoms with Crippen LogP contribution in [0.3, 0.4) is 0 Å². The van der Waals surface area contributed by atoms with Gasteiger partial charge in [0, 0.05) is 17.8 Å². The molecule has 1 heterocycles. The average molecular weight is 283 g/mol. The minimum Gasteiger partial charge on any atom is -0.390 e. The first-order valence-electron chi connectivity index (χ1n) is 5.77. The van der Waals surface area contributed by atoms with Crippen LogP contribution in [0.2, 0.25) is 5.02 Å². The maximum absolute atomic E-state index is 9.14. The van der Waals surface area contributed by atoms with Crippen molar-refractivity contribution >= 4 is 23.4 Å². The third-order valence-electron chi connectivity index (χ3n) is 2.49. The molecule has 3 nitrogen and oxygen atoms in total. The van der Waals surface area contributed by atoms with Crippen molar-refractivity contribution in [2.75, 3.05) is 5.75 Å². The Morgan fingerprint density at radius 1 is 1.33 bits per heavy atom. The first kappa shape index (κ1) is 13.5. The molecule has 2 rings (SSSR count). The Kier molecular flexibility index (Phi) is 4.69. The number of halogens is 1. The highest BCUT2D eigenvalue weighted by atomic mass is 35.5. The molecule has 0 radical (unpaired) electrons. The van der Waals surface area contributed by atoms with Crippen molar-refractivity contribution in [2.45, 2.75) is 25.2 Å². The Hall–Kier alpha value is -0.970. The zero-order chi connectivity index (χ0) is 13.0. The Morgan fingerprint density at radius 3 is 2.67 bits per heavy atom. The lowest BCUT2D eigenvalue weighted by atomic mass is 10.2. The molecular weight excluding hydrogens is 268 g/mol. The smallest absolute Gasteiger partial charge is 0.168 e. The van der Waals surface area contributed by atoms with Crippen LogP contribution in [0.4, 0.5) is 0 Å². The van der Waals surface area contributed by atoms with E-state index in [0.29, 0.717) is 5.69 Å². The lowest BCUT2D eigenvalue weighted by Crippen LogP contribution is -2.00. The summed E-state index contributed by atoms with van der Waals surface area (Å²) in [6, 6.07) is 7.77. The summed E-state index contributed by atoms with van der Waals surface area (Å²) >= 11 is 7.54. The van der Waals surface area contributed by atoms with Crippen LogP contribution in [0.1, 0.15) is 18.2 Å². The van der Waals surface area contributed by atoms with Crippen molar-refractivity contribution in [1.29, 1.82) is 0 Å². The maximum Gasteiger partial charge on any atom is 0.168 e. The number of aliphatic hydroxyl groups excluding tert-OH is 1. The lowest BCUT2D eigenvalue weighted by molar-refractivity contribution is 0.277. The quantitative estimate of drug-likeness (QED) is 0.856. The Bertz CT molecular complexity index is 510. The third-order valence-corrected chi connectivity index (χ3v) is 3.62. The summed E-state index contributed by atoms with van der Waals surface area (Å²) in [5.41, 5.74) is 1.87. The molecule has 1 N–H and O–H groups in total. The molecule has 2 aromatic rings. The normalized spacial score (nSPS) is 10.8. The van der Waals surface area contributed by atoms with E-state index in [1.165, 1.54) is 5.56 Å². The van der Waals surface area contributed by atoms with Crippen LogP contribution in [-0.2, 0) is 13.2 Å². The number of benzene rings is 1. The summed E-state index contributed by atoms with van der Waals surface area (Å²) in [4.78, 5) is 4.38. The van der Waals surface area contributed by atoms with Gasteiger partial charge >= 0.3 is 0 Å². The molecule has 0 spiro atoms. The lowest BCUT2D eigenvalue weighted by Gasteiger charge is -2.06. The highest BCUT2D eigenvalue weighted by molar-refractivity contribution is 7.99. The predicted molar refractivity (Wildman–Crippen MR) is 75.1 cm³/mol. The zero-order valence-electron chi connectivity index (χ0n) is 10.1. The topological polar surface area (TPSA) is 38.1 Å². The summed E-state index contributed by atoms with van der Waals surface area (Å²) < 4.78 is 2.06. The molecule has 1 aromatic carbocycles. The molecule has 0 aliphatic rings. The van der Waals surface area contributed by atoms with Gasteiger partial charge in [-0.3, -0.25) is 0 Å². The SMILES string of the molecule is CCSc1nc(CO)cn1Cc1ccc(Cl)cc1. The zero-order valence-corrected chi connectivity index (χ0v) is 11.7. The van der Waals surface area contributed by atoms with Gasteiger partial charge in [-0.05, 0) is 23.4 Å². The number of thioether (sulfide) groups is 1. The number of aliphatic hydroxyl groups is 1. The summed E-state index contributed by atoms with van der Waals surface area (Å²) in [5.74, 6) is 0.961. The minimum atomic E-state index is -0.0229. The Labute approximate surface area is 116 Å².